The highest BCUT2D eigenvalue weighted by atomic mass is 19.3. The van der Waals surface area contributed by atoms with E-state index in [2.05, 4.69) is 4.74 Å². The van der Waals surface area contributed by atoms with Crippen LogP contribution in [0.2, 0.25) is 0 Å². The third-order valence-corrected chi connectivity index (χ3v) is 3.63. The van der Waals surface area contributed by atoms with Crippen LogP contribution in [0.25, 0.3) is 0 Å². The summed E-state index contributed by atoms with van der Waals surface area (Å²) in [6.45, 7) is -3.20. The first kappa shape index (κ1) is 21.2. The van der Waals surface area contributed by atoms with E-state index in [9.17, 15) is 27.2 Å². The Bertz CT molecular complexity index is 854. The molecule has 0 aromatic heterocycles. The molecule has 0 N–H and O–H groups in total. The number of benzene rings is 2. The van der Waals surface area contributed by atoms with Gasteiger partial charge >= 0.3 is 12.6 Å². The molecule has 0 spiro atoms. The number of rotatable bonds is 9. The van der Waals surface area contributed by atoms with Gasteiger partial charge in [-0.25, -0.2) is 8.78 Å². The van der Waals surface area contributed by atoms with E-state index in [1.807, 2.05) is 0 Å². The third kappa shape index (κ3) is 5.97. The van der Waals surface area contributed by atoms with Gasteiger partial charge < -0.3 is 14.2 Å². The van der Waals surface area contributed by atoms with Crippen molar-refractivity contribution in [3.63, 3.8) is 0 Å². The molecule has 0 aliphatic carbocycles. The summed E-state index contributed by atoms with van der Waals surface area (Å²) in [4.78, 5) is 23.7. The van der Waals surface area contributed by atoms with Crippen molar-refractivity contribution in [3.05, 3.63) is 59.2 Å². The van der Waals surface area contributed by atoms with Gasteiger partial charge in [0.2, 0.25) is 0 Å². The van der Waals surface area contributed by atoms with E-state index in [4.69, 9.17) is 9.47 Å². The second kappa shape index (κ2) is 9.72. The van der Waals surface area contributed by atoms with E-state index >= 15 is 0 Å². The van der Waals surface area contributed by atoms with E-state index in [0.717, 1.165) is 12.1 Å². The zero-order chi connectivity index (χ0) is 20.7. The maximum Gasteiger partial charge on any atom is 0.387 e. The van der Waals surface area contributed by atoms with Crippen molar-refractivity contribution in [2.24, 2.45) is 0 Å². The van der Waals surface area contributed by atoms with Gasteiger partial charge in [0.1, 0.15) is 18.2 Å². The summed E-state index contributed by atoms with van der Waals surface area (Å²) in [5.74, 6) is -3.33. The van der Waals surface area contributed by atoms with Crippen LogP contribution in [0.15, 0.2) is 36.4 Å². The Labute approximate surface area is 157 Å². The monoisotopic (exact) mass is 400 g/mol. The highest BCUT2D eigenvalue weighted by Crippen LogP contribution is 2.29. The Morgan fingerprint density at radius 3 is 2.39 bits per heavy atom. The van der Waals surface area contributed by atoms with Crippen LogP contribution in [-0.2, 0) is 16.1 Å². The van der Waals surface area contributed by atoms with Crippen molar-refractivity contribution in [2.45, 2.75) is 26.1 Å². The van der Waals surface area contributed by atoms with Crippen LogP contribution in [0.3, 0.4) is 0 Å². The molecule has 0 fully saturated rings. The van der Waals surface area contributed by atoms with Crippen LogP contribution in [0, 0.1) is 11.6 Å². The average Bonchev–Trinajstić information content (AvgIpc) is 2.64. The smallest absolute Gasteiger partial charge is 0.387 e. The van der Waals surface area contributed by atoms with Gasteiger partial charge in [0.05, 0.1) is 19.1 Å². The van der Waals surface area contributed by atoms with Gasteiger partial charge in [-0.3, -0.25) is 9.59 Å². The number of hydrogen-bond acceptors (Lipinski definition) is 5. The molecular weight excluding hydrogens is 384 g/mol. The minimum absolute atomic E-state index is 0.0378. The van der Waals surface area contributed by atoms with Gasteiger partial charge in [0.15, 0.2) is 17.3 Å². The summed E-state index contributed by atoms with van der Waals surface area (Å²) in [5.41, 5.74) is 0.135. The number of methoxy groups -OCH3 is 1. The molecule has 150 valence electrons. The molecule has 0 heterocycles. The summed E-state index contributed by atoms with van der Waals surface area (Å²) in [7, 11) is 1.27. The van der Waals surface area contributed by atoms with Crippen molar-refractivity contribution >= 4 is 11.8 Å². The van der Waals surface area contributed by atoms with Crippen LogP contribution >= 0.6 is 0 Å². The van der Waals surface area contributed by atoms with Gasteiger partial charge in [-0.2, -0.15) is 8.78 Å². The van der Waals surface area contributed by atoms with E-state index in [1.54, 1.807) is 0 Å². The lowest BCUT2D eigenvalue weighted by Gasteiger charge is -2.11. The Kier molecular flexibility index (Phi) is 7.36. The molecule has 9 heteroatoms. The maximum atomic E-state index is 13.5. The molecule has 0 saturated heterocycles. The van der Waals surface area contributed by atoms with Crippen molar-refractivity contribution in [1.29, 1.82) is 0 Å². The summed E-state index contributed by atoms with van der Waals surface area (Å²) in [6.07, 6.45) is -0.620. The zero-order valence-corrected chi connectivity index (χ0v) is 14.7. The second-order valence-corrected chi connectivity index (χ2v) is 5.57. The fraction of sp³-hybridized carbons (Fsp3) is 0.263. The van der Waals surface area contributed by atoms with Gasteiger partial charge in [0, 0.05) is 12.5 Å². The summed E-state index contributed by atoms with van der Waals surface area (Å²) in [6, 6.07) is 6.56. The van der Waals surface area contributed by atoms with Crippen LogP contribution in [0.4, 0.5) is 17.6 Å². The number of carbonyl (C=O) groups excluding carboxylic acids is 2. The van der Waals surface area contributed by atoms with Crippen molar-refractivity contribution < 1.29 is 41.4 Å². The standard InChI is InChI=1S/C19H16F4O5/c1-26-17-8-11(2-6-16(17)28-19(22)23)10-27-18(25)7-5-15(24)13-4-3-12(20)9-14(13)21/h2-4,6,8-9,19H,5,7,10H2,1H3. The SMILES string of the molecule is COc1cc(COC(=O)CCC(=O)c2ccc(F)cc2F)ccc1OC(F)F. The number of ketones is 1. The van der Waals surface area contributed by atoms with Crippen LogP contribution in [0.1, 0.15) is 28.8 Å². The quantitative estimate of drug-likeness (QED) is 0.357. The molecule has 0 radical (unpaired) electrons. The molecule has 28 heavy (non-hydrogen) atoms. The number of ether oxygens (including phenoxy) is 3. The topological polar surface area (TPSA) is 61.8 Å². The van der Waals surface area contributed by atoms with E-state index in [0.29, 0.717) is 11.6 Å². The first-order valence-electron chi connectivity index (χ1n) is 8.05. The Balaban J connectivity index is 1.87. The van der Waals surface area contributed by atoms with Crippen LogP contribution in [0.5, 0.6) is 11.5 Å². The van der Waals surface area contributed by atoms with E-state index in [-0.39, 0.29) is 36.5 Å². The summed E-state index contributed by atoms with van der Waals surface area (Å²) >= 11 is 0. The molecule has 2 aromatic carbocycles. The molecule has 5 nitrogen and oxygen atoms in total. The Morgan fingerprint density at radius 1 is 1.00 bits per heavy atom. The van der Waals surface area contributed by atoms with E-state index in [1.165, 1.54) is 25.3 Å². The summed E-state index contributed by atoms with van der Waals surface area (Å²) < 4.78 is 65.2. The van der Waals surface area contributed by atoms with Crippen LogP contribution in [-0.4, -0.2) is 25.5 Å². The molecule has 0 aliphatic rings. The average molecular weight is 400 g/mol. The number of esters is 1. The minimum atomic E-state index is -3.01. The van der Waals surface area contributed by atoms with E-state index < -0.39 is 30.0 Å². The molecular formula is C19H16F4O5. The predicted octanol–water partition coefficient (Wildman–Crippen LogP) is 4.28. The van der Waals surface area contributed by atoms with Crippen molar-refractivity contribution in [1.82, 2.24) is 0 Å². The summed E-state index contributed by atoms with van der Waals surface area (Å²) in [5, 5.41) is 0. The number of alkyl halides is 2. The van der Waals surface area contributed by atoms with Gasteiger partial charge in [-0.05, 0) is 29.8 Å². The number of Topliss-reactive ketones (excluding diaryl/α,β-unsaturated/α-hetero) is 1. The molecule has 2 aromatic rings. The fourth-order valence-electron chi connectivity index (χ4n) is 2.30. The highest BCUT2D eigenvalue weighted by Gasteiger charge is 2.16. The number of carbonyl (C=O) groups is 2. The molecule has 2 rings (SSSR count). The lowest BCUT2D eigenvalue weighted by Crippen LogP contribution is -2.10. The third-order valence-electron chi connectivity index (χ3n) is 3.63. The molecule has 0 atom stereocenters. The zero-order valence-electron chi connectivity index (χ0n) is 14.7. The lowest BCUT2D eigenvalue weighted by molar-refractivity contribution is -0.144. The minimum Gasteiger partial charge on any atom is -0.493 e. The Hall–Kier alpha value is -3.10. The first-order chi connectivity index (χ1) is 13.3. The number of halogens is 4. The van der Waals surface area contributed by atoms with Crippen molar-refractivity contribution in [2.75, 3.05) is 7.11 Å². The first-order valence-corrected chi connectivity index (χ1v) is 8.05. The van der Waals surface area contributed by atoms with Crippen LogP contribution < -0.4 is 9.47 Å². The predicted molar refractivity (Wildman–Crippen MR) is 89.3 cm³/mol. The van der Waals surface area contributed by atoms with Gasteiger partial charge in [-0.1, -0.05) is 6.07 Å². The highest BCUT2D eigenvalue weighted by molar-refractivity contribution is 5.97. The van der Waals surface area contributed by atoms with Gasteiger partial charge in [-0.15, -0.1) is 0 Å². The second-order valence-electron chi connectivity index (χ2n) is 5.57. The molecule has 0 amide bonds. The molecule has 0 saturated carbocycles. The fourth-order valence-corrected chi connectivity index (χ4v) is 2.30. The Morgan fingerprint density at radius 2 is 1.75 bits per heavy atom. The largest absolute Gasteiger partial charge is 0.493 e. The van der Waals surface area contributed by atoms with Crippen molar-refractivity contribution in [3.8, 4) is 11.5 Å². The maximum absolute atomic E-state index is 13.5. The molecule has 0 bridgehead atoms. The number of hydrogen-bond donors (Lipinski definition) is 0. The molecule has 0 unspecified atom stereocenters. The van der Waals surface area contributed by atoms with Gasteiger partial charge in [0.25, 0.3) is 0 Å². The molecule has 0 aliphatic heterocycles. The lowest BCUT2D eigenvalue weighted by atomic mass is 10.1. The normalized spacial score (nSPS) is 10.6.